The van der Waals surface area contributed by atoms with Crippen molar-refractivity contribution in [3.8, 4) is 11.4 Å². The average molecular weight is 398 g/mol. The summed E-state index contributed by atoms with van der Waals surface area (Å²) >= 11 is 1.48. The topological polar surface area (TPSA) is 59.3 Å². The van der Waals surface area contributed by atoms with Gasteiger partial charge in [0.1, 0.15) is 0 Å². The van der Waals surface area contributed by atoms with Crippen molar-refractivity contribution in [2.45, 2.75) is 13.3 Å². The molecule has 0 aliphatic carbocycles. The molecule has 0 bridgehead atoms. The summed E-state index contributed by atoms with van der Waals surface area (Å²) in [6.45, 7) is 2.35. The molecule has 4 aromatic rings. The predicted octanol–water partition coefficient (Wildman–Crippen LogP) is 4.02. The van der Waals surface area contributed by atoms with E-state index in [1.54, 1.807) is 4.52 Å². The summed E-state index contributed by atoms with van der Waals surface area (Å²) in [6.07, 6.45) is 0.534. The average Bonchev–Trinajstić information content (AvgIpc) is 3.26. The van der Waals surface area contributed by atoms with Crippen LogP contribution in [-0.2, 0) is 6.42 Å². The Hall–Kier alpha value is -3.13. The van der Waals surface area contributed by atoms with E-state index in [-0.39, 0.29) is 5.56 Å². The number of hydrogen-bond acceptors (Lipinski definition) is 4. The highest BCUT2D eigenvalue weighted by Gasteiger charge is 2.14. The normalized spacial score (nSPS) is 11.1. The van der Waals surface area contributed by atoms with Crippen molar-refractivity contribution >= 4 is 22.2 Å². The zero-order valence-corrected chi connectivity index (χ0v) is 15.8. The van der Waals surface area contributed by atoms with E-state index < -0.39 is 17.5 Å². The maximum atomic E-state index is 13.3. The van der Waals surface area contributed by atoms with Gasteiger partial charge >= 0.3 is 0 Å². The Morgan fingerprint density at radius 2 is 2.00 bits per heavy atom. The Morgan fingerprint density at radius 1 is 1.18 bits per heavy atom. The number of aryl methyl sites for hydroxylation is 1. The number of nitrogens with one attached hydrogen (secondary N) is 1. The van der Waals surface area contributed by atoms with Crippen LogP contribution in [0.2, 0.25) is 0 Å². The second-order valence-corrected chi connectivity index (χ2v) is 7.14. The van der Waals surface area contributed by atoms with Crippen molar-refractivity contribution in [2.24, 2.45) is 0 Å². The zero-order valence-electron chi connectivity index (χ0n) is 14.9. The first-order valence-electron chi connectivity index (χ1n) is 8.65. The highest BCUT2D eigenvalue weighted by molar-refractivity contribution is 7.15. The number of thiazole rings is 1. The van der Waals surface area contributed by atoms with Gasteiger partial charge in [0.15, 0.2) is 17.5 Å². The lowest BCUT2D eigenvalue weighted by Crippen LogP contribution is -2.26. The second kappa shape index (κ2) is 7.47. The second-order valence-electron chi connectivity index (χ2n) is 6.31. The van der Waals surface area contributed by atoms with Gasteiger partial charge in [0.2, 0.25) is 4.96 Å². The van der Waals surface area contributed by atoms with E-state index in [1.165, 1.54) is 17.4 Å². The molecule has 2 aromatic heterocycles. The van der Waals surface area contributed by atoms with Gasteiger partial charge in [-0.3, -0.25) is 4.79 Å². The highest BCUT2D eigenvalue weighted by atomic mass is 32.1. The molecule has 1 N–H and O–H groups in total. The minimum absolute atomic E-state index is 0.0805. The summed E-state index contributed by atoms with van der Waals surface area (Å²) in [5.74, 6) is -1.81. The molecule has 1 amide bonds. The number of hydrogen-bond donors (Lipinski definition) is 1. The zero-order chi connectivity index (χ0) is 19.7. The summed E-state index contributed by atoms with van der Waals surface area (Å²) in [6, 6.07) is 11.0. The number of halogens is 2. The Kier molecular flexibility index (Phi) is 4.87. The molecule has 4 rings (SSSR count). The lowest BCUT2D eigenvalue weighted by atomic mass is 10.1. The van der Waals surface area contributed by atoms with E-state index in [9.17, 15) is 13.6 Å². The van der Waals surface area contributed by atoms with Crippen molar-refractivity contribution < 1.29 is 13.6 Å². The van der Waals surface area contributed by atoms with Crippen molar-refractivity contribution in [3.05, 3.63) is 76.3 Å². The largest absolute Gasteiger partial charge is 0.352 e. The number of amides is 1. The maximum Gasteiger partial charge on any atom is 0.251 e. The summed E-state index contributed by atoms with van der Waals surface area (Å²) in [7, 11) is 0. The number of fused-ring (bicyclic) bond motifs is 1. The molecule has 0 atom stereocenters. The molecule has 0 saturated heterocycles. The van der Waals surface area contributed by atoms with Crippen LogP contribution < -0.4 is 5.32 Å². The number of aromatic nitrogens is 3. The molecule has 0 radical (unpaired) electrons. The van der Waals surface area contributed by atoms with E-state index >= 15 is 0 Å². The predicted molar refractivity (Wildman–Crippen MR) is 103 cm³/mol. The lowest BCUT2D eigenvalue weighted by molar-refractivity contribution is 0.0953. The SMILES string of the molecule is Cc1ccccc1-c1nc2scc(CCNC(=O)c3ccc(F)c(F)c3)n2n1. The molecule has 8 heteroatoms. The Morgan fingerprint density at radius 3 is 2.79 bits per heavy atom. The molecule has 0 aliphatic rings. The third-order valence-electron chi connectivity index (χ3n) is 4.38. The van der Waals surface area contributed by atoms with Crippen LogP contribution >= 0.6 is 11.3 Å². The van der Waals surface area contributed by atoms with Crippen LogP contribution in [-0.4, -0.2) is 27.0 Å². The van der Waals surface area contributed by atoms with Gasteiger partial charge in [0.05, 0.1) is 5.69 Å². The first-order chi connectivity index (χ1) is 13.5. The maximum absolute atomic E-state index is 13.3. The lowest BCUT2D eigenvalue weighted by Gasteiger charge is -2.05. The molecule has 2 aromatic carbocycles. The summed E-state index contributed by atoms with van der Waals surface area (Å²) in [4.78, 5) is 17.5. The third kappa shape index (κ3) is 3.50. The van der Waals surface area contributed by atoms with E-state index in [4.69, 9.17) is 0 Å². The van der Waals surface area contributed by atoms with E-state index in [0.717, 1.165) is 33.9 Å². The number of benzene rings is 2. The molecule has 5 nitrogen and oxygen atoms in total. The van der Waals surface area contributed by atoms with Crippen LogP contribution in [0.5, 0.6) is 0 Å². The van der Waals surface area contributed by atoms with Gasteiger partial charge in [0.25, 0.3) is 5.91 Å². The van der Waals surface area contributed by atoms with Gasteiger partial charge in [0, 0.05) is 29.5 Å². The van der Waals surface area contributed by atoms with E-state index in [0.29, 0.717) is 18.8 Å². The number of nitrogens with zero attached hydrogens (tertiary/aromatic N) is 3. The smallest absolute Gasteiger partial charge is 0.251 e. The Balaban J connectivity index is 1.46. The molecule has 142 valence electrons. The fraction of sp³-hybridized carbons (Fsp3) is 0.150. The van der Waals surface area contributed by atoms with Gasteiger partial charge in [-0.25, -0.2) is 13.3 Å². The first kappa shape index (κ1) is 18.2. The molecule has 2 heterocycles. The van der Waals surface area contributed by atoms with Crippen LogP contribution in [0.1, 0.15) is 21.6 Å². The molecular weight excluding hydrogens is 382 g/mol. The standard InChI is InChI=1S/C20H16F2N4OS/c1-12-4-2-3-5-15(12)18-24-20-26(25-18)14(11-28-20)8-9-23-19(27)13-6-7-16(21)17(22)10-13/h2-7,10-11H,8-9H2,1H3,(H,23,27). The van der Waals surface area contributed by atoms with Crippen molar-refractivity contribution in [3.63, 3.8) is 0 Å². The van der Waals surface area contributed by atoms with Crippen molar-refractivity contribution in [1.29, 1.82) is 0 Å². The summed E-state index contributed by atoms with van der Waals surface area (Å²) in [5.41, 5.74) is 3.08. The summed E-state index contributed by atoms with van der Waals surface area (Å²) in [5, 5.41) is 9.25. The van der Waals surface area contributed by atoms with Crippen LogP contribution in [0.25, 0.3) is 16.3 Å². The van der Waals surface area contributed by atoms with E-state index in [1.807, 2.05) is 36.6 Å². The van der Waals surface area contributed by atoms with E-state index in [2.05, 4.69) is 15.4 Å². The van der Waals surface area contributed by atoms with Gasteiger partial charge in [-0.15, -0.1) is 16.4 Å². The molecule has 0 aliphatic heterocycles. The van der Waals surface area contributed by atoms with Crippen molar-refractivity contribution in [1.82, 2.24) is 19.9 Å². The van der Waals surface area contributed by atoms with Gasteiger partial charge in [-0.05, 0) is 30.7 Å². The quantitative estimate of drug-likeness (QED) is 0.552. The minimum atomic E-state index is -1.04. The number of carbonyl (C=O) groups is 1. The van der Waals surface area contributed by atoms with Gasteiger partial charge < -0.3 is 5.32 Å². The Labute approximate surface area is 163 Å². The van der Waals surface area contributed by atoms with Gasteiger partial charge in [-0.2, -0.15) is 4.98 Å². The molecule has 0 unspecified atom stereocenters. The van der Waals surface area contributed by atoms with Crippen LogP contribution in [0.4, 0.5) is 8.78 Å². The number of carbonyl (C=O) groups excluding carboxylic acids is 1. The number of rotatable bonds is 5. The van der Waals surface area contributed by atoms with Gasteiger partial charge in [-0.1, -0.05) is 24.3 Å². The molecule has 28 heavy (non-hydrogen) atoms. The third-order valence-corrected chi connectivity index (χ3v) is 5.25. The molecular formula is C20H16F2N4OS. The van der Waals surface area contributed by atoms with Crippen LogP contribution in [0.3, 0.4) is 0 Å². The van der Waals surface area contributed by atoms with Crippen LogP contribution in [0.15, 0.2) is 47.8 Å². The minimum Gasteiger partial charge on any atom is -0.352 e. The molecule has 0 saturated carbocycles. The van der Waals surface area contributed by atoms with Crippen molar-refractivity contribution in [2.75, 3.05) is 6.54 Å². The fourth-order valence-electron chi connectivity index (χ4n) is 2.88. The van der Waals surface area contributed by atoms with Crippen LogP contribution in [0, 0.1) is 18.6 Å². The Bertz CT molecular complexity index is 1170. The summed E-state index contributed by atoms with van der Waals surface area (Å²) < 4.78 is 28.0. The molecule has 0 fully saturated rings. The highest BCUT2D eigenvalue weighted by Crippen LogP contribution is 2.23. The monoisotopic (exact) mass is 398 g/mol. The first-order valence-corrected chi connectivity index (χ1v) is 9.53. The molecule has 0 spiro atoms. The fourth-order valence-corrected chi connectivity index (χ4v) is 3.73.